The normalized spacial score (nSPS) is 22.7. The molecule has 2 aliphatic rings. The number of nitrogens with two attached hydrogens (primary N) is 1. The highest BCUT2D eigenvalue weighted by Gasteiger charge is 2.61. The van der Waals surface area contributed by atoms with Gasteiger partial charge in [0, 0.05) is 49.4 Å². The summed E-state index contributed by atoms with van der Waals surface area (Å²) in [6.45, 7) is 4.19. The Balaban J connectivity index is 2.19. The summed E-state index contributed by atoms with van der Waals surface area (Å²) in [5.74, 6) is -7.69. The Hall–Kier alpha value is -3.94. The standard InChI is InChI=1S/C30H42N4O9/c1-7-8-9-43-29(41)32-13-17-12-20(33(3)4)18-10-16-11-19(21(14-35)34(5)6)30(42,26(38)15(2)28(31)40)27(39)22(16)25(37)23(18)24(17)36/h7,12,15-16,19,21,35-37,42H,1,8-11,13-14H2,2-6H3,(H2,31,40)(H,32,41)/t15?,16-,19-,21+,30+/m0/s1. The third kappa shape index (κ3) is 6.10. The van der Waals surface area contributed by atoms with E-state index >= 15 is 0 Å². The number of likely N-dealkylation sites (N-methyl/N-ethyl adjacent to an activating group) is 1. The number of phenolic OH excluding ortho intramolecular Hbond substituents is 1. The minimum absolute atomic E-state index is 0.00477. The molecule has 3 rings (SSSR count). The first-order chi connectivity index (χ1) is 20.1. The number of phenols is 1. The molecule has 0 bridgehead atoms. The van der Waals surface area contributed by atoms with Gasteiger partial charge in [-0.05, 0) is 57.8 Å². The van der Waals surface area contributed by atoms with Crippen LogP contribution in [0.25, 0.3) is 5.76 Å². The number of benzene rings is 1. The summed E-state index contributed by atoms with van der Waals surface area (Å²) < 4.78 is 5.05. The van der Waals surface area contributed by atoms with Crippen molar-refractivity contribution in [3.8, 4) is 5.75 Å². The van der Waals surface area contributed by atoms with Crippen molar-refractivity contribution in [3.63, 3.8) is 0 Å². The Morgan fingerprint density at radius 2 is 1.91 bits per heavy atom. The molecular weight excluding hydrogens is 560 g/mol. The topological polar surface area (TPSA) is 203 Å². The van der Waals surface area contributed by atoms with Gasteiger partial charge in [0.05, 0.1) is 24.7 Å². The van der Waals surface area contributed by atoms with Gasteiger partial charge in [0.1, 0.15) is 11.5 Å². The first-order valence-corrected chi connectivity index (χ1v) is 14.0. The van der Waals surface area contributed by atoms with Gasteiger partial charge in [0.2, 0.25) is 11.7 Å². The minimum atomic E-state index is -2.79. The first kappa shape index (κ1) is 33.6. The van der Waals surface area contributed by atoms with Crippen LogP contribution >= 0.6 is 0 Å². The minimum Gasteiger partial charge on any atom is -0.507 e. The number of hydrogen-bond donors (Lipinski definition) is 6. The number of rotatable bonds is 12. The number of nitrogens with zero attached hydrogens (tertiary/aromatic N) is 2. The van der Waals surface area contributed by atoms with Gasteiger partial charge in [-0.2, -0.15) is 0 Å². The Morgan fingerprint density at radius 1 is 1.26 bits per heavy atom. The fourth-order valence-corrected chi connectivity index (χ4v) is 6.06. The molecule has 236 valence electrons. The molecule has 13 nitrogen and oxygen atoms in total. The molecule has 2 amide bonds. The molecule has 0 heterocycles. The number of anilines is 1. The maximum atomic E-state index is 14.2. The van der Waals surface area contributed by atoms with Crippen molar-refractivity contribution in [2.75, 3.05) is 46.3 Å². The van der Waals surface area contributed by atoms with Crippen molar-refractivity contribution in [1.29, 1.82) is 0 Å². The maximum Gasteiger partial charge on any atom is 0.407 e. The molecule has 7 N–H and O–H groups in total. The maximum absolute atomic E-state index is 14.2. The van der Waals surface area contributed by atoms with Crippen LogP contribution in [0.5, 0.6) is 5.75 Å². The lowest BCUT2D eigenvalue weighted by Crippen LogP contribution is -2.65. The number of carbonyl (C=O) groups excluding carboxylic acids is 4. The highest BCUT2D eigenvalue weighted by Crippen LogP contribution is 2.51. The summed E-state index contributed by atoms with van der Waals surface area (Å²) >= 11 is 0. The summed E-state index contributed by atoms with van der Waals surface area (Å²) in [6.07, 6.45) is 1.47. The fraction of sp³-hybridized carbons (Fsp3) is 0.533. The van der Waals surface area contributed by atoms with Crippen LogP contribution in [-0.4, -0.2) is 102 Å². The van der Waals surface area contributed by atoms with Crippen LogP contribution in [0.4, 0.5) is 10.5 Å². The van der Waals surface area contributed by atoms with E-state index in [4.69, 9.17) is 10.5 Å². The average molecular weight is 603 g/mol. The number of carbonyl (C=O) groups is 4. The van der Waals surface area contributed by atoms with Crippen LogP contribution in [0.3, 0.4) is 0 Å². The first-order valence-electron chi connectivity index (χ1n) is 14.0. The van der Waals surface area contributed by atoms with E-state index in [0.29, 0.717) is 17.7 Å². The monoisotopic (exact) mass is 602 g/mol. The number of ether oxygens (including phenoxy) is 1. The molecule has 0 saturated heterocycles. The van der Waals surface area contributed by atoms with Crippen LogP contribution in [0.1, 0.15) is 36.5 Å². The van der Waals surface area contributed by atoms with Gasteiger partial charge in [-0.3, -0.25) is 14.4 Å². The van der Waals surface area contributed by atoms with Gasteiger partial charge in [-0.15, -0.1) is 6.58 Å². The van der Waals surface area contributed by atoms with E-state index in [2.05, 4.69) is 11.9 Å². The van der Waals surface area contributed by atoms with Gasteiger partial charge in [0.25, 0.3) is 0 Å². The quantitative estimate of drug-likeness (QED) is 0.111. The molecule has 43 heavy (non-hydrogen) atoms. The van der Waals surface area contributed by atoms with Crippen LogP contribution in [0.15, 0.2) is 24.3 Å². The molecule has 1 saturated carbocycles. The summed E-state index contributed by atoms with van der Waals surface area (Å²) in [4.78, 5) is 55.2. The van der Waals surface area contributed by atoms with Gasteiger partial charge in [-0.1, -0.05) is 6.08 Å². The Bertz CT molecular complexity index is 1340. The van der Waals surface area contributed by atoms with Gasteiger partial charge >= 0.3 is 6.09 Å². The number of primary amides is 1. The molecule has 0 aliphatic heterocycles. The molecule has 0 radical (unpaired) electrons. The Labute approximate surface area is 250 Å². The van der Waals surface area contributed by atoms with Crippen LogP contribution in [0.2, 0.25) is 0 Å². The number of fused-ring (bicyclic) bond motifs is 2. The van der Waals surface area contributed by atoms with E-state index in [1.807, 2.05) is 0 Å². The van der Waals surface area contributed by atoms with E-state index in [1.165, 1.54) is 6.92 Å². The van der Waals surface area contributed by atoms with Gasteiger partial charge < -0.3 is 46.0 Å². The summed E-state index contributed by atoms with van der Waals surface area (Å²) in [5, 5.41) is 47.6. The molecule has 1 fully saturated rings. The number of aliphatic hydroxyl groups is 3. The lowest BCUT2D eigenvalue weighted by Gasteiger charge is -2.48. The van der Waals surface area contributed by atoms with Crippen molar-refractivity contribution in [1.82, 2.24) is 10.2 Å². The van der Waals surface area contributed by atoms with E-state index in [1.54, 1.807) is 50.1 Å². The predicted octanol–water partition coefficient (Wildman–Crippen LogP) is 0.635. The average Bonchev–Trinajstić information content (AvgIpc) is 2.94. The van der Waals surface area contributed by atoms with Crippen molar-refractivity contribution in [3.05, 3.63) is 41.0 Å². The summed E-state index contributed by atoms with van der Waals surface area (Å²) in [7, 11) is 6.77. The van der Waals surface area contributed by atoms with Crippen molar-refractivity contribution >= 4 is 35.0 Å². The zero-order chi connectivity index (χ0) is 32.4. The number of amides is 2. The molecule has 5 atom stereocenters. The second-order valence-corrected chi connectivity index (χ2v) is 11.5. The van der Waals surface area contributed by atoms with Crippen LogP contribution in [0, 0.1) is 17.8 Å². The third-order valence-corrected chi connectivity index (χ3v) is 8.45. The SMILES string of the molecule is C=CCCOC(=O)NCc1cc(N(C)C)c2c(c1O)C(O)=C1C(=O)[C@](O)(C(=O)C(C)C(N)=O)[C@H]([C@@H](CO)N(C)C)C[C@@H]1C2. The van der Waals surface area contributed by atoms with Crippen LogP contribution in [-0.2, 0) is 32.1 Å². The van der Waals surface area contributed by atoms with E-state index < -0.39 is 71.1 Å². The molecule has 2 aliphatic carbocycles. The lowest BCUT2D eigenvalue weighted by molar-refractivity contribution is -0.166. The summed E-state index contributed by atoms with van der Waals surface area (Å²) in [5.41, 5.74) is 3.58. The number of aromatic hydroxyl groups is 1. The molecule has 13 heteroatoms. The number of Topliss-reactive ketones (excluding diaryl/α,β-unsaturated/α-hetero) is 2. The number of hydrogen-bond acceptors (Lipinski definition) is 11. The van der Waals surface area contributed by atoms with Gasteiger partial charge in [-0.25, -0.2) is 4.79 Å². The second kappa shape index (κ2) is 13.1. The third-order valence-electron chi connectivity index (χ3n) is 8.45. The molecule has 1 aromatic rings. The second-order valence-electron chi connectivity index (χ2n) is 11.5. The molecule has 0 aromatic heterocycles. The zero-order valence-corrected chi connectivity index (χ0v) is 25.2. The number of nitrogens with one attached hydrogen (secondary N) is 1. The zero-order valence-electron chi connectivity index (χ0n) is 25.2. The lowest BCUT2D eigenvalue weighted by atomic mass is 9.59. The van der Waals surface area contributed by atoms with E-state index in [0.717, 1.165) is 0 Å². The predicted molar refractivity (Wildman–Crippen MR) is 158 cm³/mol. The van der Waals surface area contributed by atoms with Crippen molar-refractivity contribution in [2.24, 2.45) is 23.5 Å². The Kier molecular flexibility index (Phi) is 10.3. The van der Waals surface area contributed by atoms with E-state index in [-0.39, 0.29) is 42.7 Å². The smallest absolute Gasteiger partial charge is 0.407 e. The van der Waals surface area contributed by atoms with Crippen LogP contribution < -0.4 is 16.0 Å². The molecule has 1 unspecified atom stereocenters. The Morgan fingerprint density at radius 3 is 2.44 bits per heavy atom. The van der Waals surface area contributed by atoms with Crippen molar-refractivity contribution < 1.29 is 44.3 Å². The van der Waals surface area contributed by atoms with Crippen molar-refractivity contribution in [2.45, 2.75) is 44.4 Å². The summed E-state index contributed by atoms with van der Waals surface area (Å²) in [6, 6.07) is 0.799. The largest absolute Gasteiger partial charge is 0.507 e. The fourth-order valence-electron chi connectivity index (χ4n) is 6.06. The highest BCUT2D eigenvalue weighted by atomic mass is 16.5. The molecular formula is C30H42N4O9. The number of ketones is 2. The molecule has 1 aromatic carbocycles. The number of alkyl carbamates (subject to hydrolysis) is 1. The molecule has 0 spiro atoms. The van der Waals surface area contributed by atoms with Gasteiger partial charge in [0.15, 0.2) is 11.4 Å². The number of aliphatic hydroxyl groups excluding tert-OH is 2. The van der Waals surface area contributed by atoms with E-state index in [9.17, 15) is 39.6 Å². The highest BCUT2D eigenvalue weighted by molar-refractivity contribution is 6.24.